The van der Waals surface area contributed by atoms with Crippen LogP contribution in [0.15, 0.2) is 48.5 Å². The van der Waals surface area contributed by atoms with Crippen LogP contribution in [0.5, 0.6) is 0 Å². The highest BCUT2D eigenvalue weighted by molar-refractivity contribution is 5.37. The summed E-state index contributed by atoms with van der Waals surface area (Å²) in [5, 5.41) is 0. The van der Waals surface area contributed by atoms with Gasteiger partial charge in [0.2, 0.25) is 0 Å². The lowest BCUT2D eigenvalue weighted by Gasteiger charge is -2.47. The van der Waals surface area contributed by atoms with Gasteiger partial charge in [0.1, 0.15) is 0 Å². The Labute approximate surface area is 152 Å². The van der Waals surface area contributed by atoms with Crippen molar-refractivity contribution in [2.24, 2.45) is 5.92 Å². The first-order valence-corrected chi connectivity index (χ1v) is 9.76. The van der Waals surface area contributed by atoms with E-state index >= 15 is 0 Å². The smallest absolute Gasteiger partial charge is 0.0394 e. The number of benzene rings is 2. The summed E-state index contributed by atoms with van der Waals surface area (Å²) in [6, 6.07) is 19.3. The van der Waals surface area contributed by atoms with E-state index in [1.54, 1.807) is 22.3 Å². The van der Waals surface area contributed by atoms with Crippen LogP contribution in [0.25, 0.3) is 0 Å². The maximum absolute atomic E-state index is 2.60. The highest BCUT2D eigenvalue weighted by Gasteiger charge is 2.39. The quantitative estimate of drug-likeness (QED) is 0.817. The monoisotopic (exact) mass is 334 g/mol. The molecule has 2 aliphatic heterocycles. The van der Waals surface area contributed by atoms with Crippen LogP contribution in [0.3, 0.4) is 0 Å². The Hall–Kier alpha value is -1.64. The first-order valence-electron chi connectivity index (χ1n) is 9.76. The molecule has 2 heteroatoms. The summed E-state index contributed by atoms with van der Waals surface area (Å²) in [7, 11) is 4.63. The molecule has 2 heterocycles. The van der Waals surface area contributed by atoms with Gasteiger partial charge in [-0.1, -0.05) is 55.5 Å². The Kier molecular flexibility index (Phi) is 4.66. The molecule has 0 saturated carbocycles. The summed E-state index contributed by atoms with van der Waals surface area (Å²) < 4.78 is 0. The van der Waals surface area contributed by atoms with E-state index in [4.69, 9.17) is 0 Å². The molecule has 0 radical (unpaired) electrons. The summed E-state index contributed by atoms with van der Waals surface area (Å²) in [6.07, 6.45) is 3.56. The molecule has 0 aromatic heterocycles. The minimum atomic E-state index is 0.508. The molecule has 0 fully saturated rings. The highest BCUT2D eigenvalue weighted by Crippen LogP contribution is 2.45. The Morgan fingerprint density at radius 3 is 1.68 bits per heavy atom. The fourth-order valence-corrected chi connectivity index (χ4v) is 5.18. The highest BCUT2D eigenvalue weighted by atomic mass is 15.2. The van der Waals surface area contributed by atoms with Crippen molar-refractivity contribution in [2.75, 3.05) is 27.2 Å². The molecule has 25 heavy (non-hydrogen) atoms. The Morgan fingerprint density at radius 2 is 1.24 bits per heavy atom. The first-order chi connectivity index (χ1) is 12.2. The van der Waals surface area contributed by atoms with E-state index in [0.29, 0.717) is 18.0 Å². The lowest BCUT2D eigenvalue weighted by molar-refractivity contribution is 0.0727. The number of rotatable bonds is 3. The van der Waals surface area contributed by atoms with Crippen LogP contribution in [-0.2, 0) is 12.8 Å². The Morgan fingerprint density at radius 1 is 0.800 bits per heavy atom. The molecule has 132 valence electrons. The predicted octanol–water partition coefficient (Wildman–Crippen LogP) is 4.47. The second-order valence-corrected chi connectivity index (χ2v) is 7.82. The van der Waals surface area contributed by atoms with E-state index in [-0.39, 0.29) is 0 Å². The van der Waals surface area contributed by atoms with Gasteiger partial charge in [-0.2, -0.15) is 0 Å². The van der Waals surface area contributed by atoms with Gasteiger partial charge in [-0.05, 0) is 61.5 Å². The number of likely N-dealkylation sites (N-methyl/N-ethyl adjacent to an activating group) is 2. The molecular formula is C23H30N2. The summed E-state index contributed by atoms with van der Waals surface area (Å²) in [5.74, 6) is 0.609. The zero-order chi connectivity index (χ0) is 17.4. The van der Waals surface area contributed by atoms with Crippen molar-refractivity contribution in [1.82, 2.24) is 9.80 Å². The third kappa shape index (κ3) is 2.92. The van der Waals surface area contributed by atoms with Crippen LogP contribution >= 0.6 is 0 Å². The standard InChI is InChI=1S/C23H30N2/c1-4-19(22-20-11-7-5-9-17(20)13-15-24(22)2)23-21-12-8-6-10-18(21)14-16-25(23)3/h5-12,19,22-23H,4,13-16H2,1-3H3. The van der Waals surface area contributed by atoms with Crippen molar-refractivity contribution < 1.29 is 0 Å². The van der Waals surface area contributed by atoms with Gasteiger partial charge in [0.25, 0.3) is 0 Å². The molecule has 4 rings (SSSR count). The average molecular weight is 335 g/mol. The van der Waals surface area contributed by atoms with Crippen LogP contribution in [0.1, 0.15) is 47.7 Å². The van der Waals surface area contributed by atoms with Gasteiger partial charge in [0, 0.05) is 25.2 Å². The minimum Gasteiger partial charge on any atom is -0.299 e. The Balaban J connectivity index is 1.78. The molecule has 2 aromatic carbocycles. The second kappa shape index (κ2) is 6.93. The third-order valence-electron chi connectivity index (χ3n) is 6.45. The van der Waals surface area contributed by atoms with Crippen molar-refractivity contribution in [3.63, 3.8) is 0 Å². The molecule has 0 saturated heterocycles. The van der Waals surface area contributed by atoms with Crippen molar-refractivity contribution in [2.45, 2.75) is 38.3 Å². The van der Waals surface area contributed by atoms with Gasteiger partial charge >= 0.3 is 0 Å². The fraction of sp³-hybridized carbons (Fsp3) is 0.478. The molecule has 0 N–H and O–H groups in total. The third-order valence-corrected chi connectivity index (χ3v) is 6.45. The summed E-state index contributed by atoms with van der Waals surface area (Å²) >= 11 is 0. The van der Waals surface area contributed by atoms with Gasteiger partial charge < -0.3 is 0 Å². The molecule has 0 amide bonds. The van der Waals surface area contributed by atoms with Crippen LogP contribution < -0.4 is 0 Å². The minimum absolute atomic E-state index is 0.508. The van der Waals surface area contributed by atoms with Gasteiger partial charge in [-0.25, -0.2) is 0 Å². The molecule has 0 spiro atoms. The van der Waals surface area contributed by atoms with E-state index < -0.39 is 0 Å². The Bertz CT molecular complexity index is 677. The van der Waals surface area contributed by atoms with Crippen LogP contribution in [-0.4, -0.2) is 37.0 Å². The molecule has 0 bridgehead atoms. The molecule has 2 aromatic rings. The molecule has 2 unspecified atom stereocenters. The van der Waals surface area contributed by atoms with E-state index in [0.717, 1.165) is 13.1 Å². The number of fused-ring (bicyclic) bond motifs is 2. The number of hydrogen-bond acceptors (Lipinski definition) is 2. The SMILES string of the molecule is CCC(C1c2ccccc2CCN1C)C1c2ccccc2CCN1C. The van der Waals surface area contributed by atoms with Gasteiger partial charge in [-0.3, -0.25) is 9.80 Å². The maximum atomic E-state index is 2.60. The summed E-state index contributed by atoms with van der Waals surface area (Å²) in [5.41, 5.74) is 6.21. The van der Waals surface area contributed by atoms with Crippen molar-refractivity contribution >= 4 is 0 Å². The largest absolute Gasteiger partial charge is 0.299 e. The van der Waals surface area contributed by atoms with E-state index in [1.807, 2.05) is 0 Å². The van der Waals surface area contributed by atoms with E-state index in [2.05, 4.69) is 79.3 Å². The lowest BCUT2D eigenvalue weighted by atomic mass is 9.75. The van der Waals surface area contributed by atoms with Crippen molar-refractivity contribution in [3.05, 3.63) is 70.8 Å². The number of nitrogens with zero attached hydrogens (tertiary/aromatic N) is 2. The maximum Gasteiger partial charge on any atom is 0.0394 e. The van der Waals surface area contributed by atoms with E-state index in [1.165, 1.54) is 19.3 Å². The second-order valence-electron chi connectivity index (χ2n) is 7.82. The van der Waals surface area contributed by atoms with Crippen molar-refractivity contribution in [3.8, 4) is 0 Å². The van der Waals surface area contributed by atoms with E-state index in [9.17, 15) is 0 Å². The topological polar surface area (TPSA) is 6.48 Å². The van der Waals surface area contributed by atoms with Gasteiger partial charge in [0.15, 0.2) is 0 Å². The van der Waals surface area contributed by atoms with Crippen LogP contribution in [0, 0.1) is 5.92 Å². The molecule has 2 atom stereocenters. The van der Waals surface area contributed by atoms with Gasteiger partial charge in [0.05, 0.1) is 0 Å². The summed E-state index contributed by atoms with van der Waals surface area (Å²) in [6.45, 7) is 4.70. The fourth-order valence-electron chi connectivity index (χ4n) is 5.18. The number of hydrogen-bond donors (Lipinski definition) is 0. The van der Waals surface area contributed by atoms with Crippen LogP contribution in [0.4, 0.5) is 0 Å². The zero-order valence-corrected chi connectivity index (χ0v) is 15.8. The predicted molar refractivity (Wildman–Crippen MR) is 105 cm³/mol. The van der Waals surface area contributed by atoms with Crippen LogP contribution in [0.2, 0.25) is 0 Å². The summed E-state index contributed by atoms with van der Waals surface area (Å²) in [4.78, 5) is 5.20. The zero-order valence-electron chi connectivity index (χ0n) is 15.8. The molecule has 0 aliphatic carbocycles. The molecule has 2 aliphatic rings. The molecule has 2 nitrogen and oxygen atoms in total. The molecular weight excluding hydrogens is 304 g/mol. The van der Waals surface area contributed by atoms with Crippen molar-refractivity contribution in [1.29, 1.82) is 0 Å². The normalized spacial score (nSPS) is 25.2. The first kappa shape index (κ1) is 16.8. The average Bonchev–Trinajstić information content (AvgIpc) is 2.65. The van der Waals surface area contributed by atoms with Gasteiger partial charge in [-0.15, -0.1) is 0 Å². The lowest BCUT2D eigenvalue weighted by Crippen LogP contribution is -2.44.